The van der Waals surface area contributed by atoms with Gasteiger partial charge in [0.1, 0.15) is 17.1 Å². The van der Waals surface area contributed by atoms with Gasteiger partial charge in [-0.25, -0.2) is 9.78 Å². The molecule has 2 N–H and O–H groups in total. The minimum atomic E-state index is -0.463. The first-order valence-electron chi connectivity index (χ1n) is 8.06. The number of rotatable bonds is 3. The fourth-order valence-corrected chi connectivity index (χ4v) is 3.19. The van der Waals surface area contributed by atoms with Crippen molar-refractivity contribution in [1.29, 1.82) is 0 Å². The van der Waals surface area contributed by atoms with E-state index < -0.39 is 5.97 Å². The minimum absolute atomic E-state index is 0.122. The molecule has 0 radical (unpaired) electrons. The average molecular weight is 339 g/mol. The predicted octanol–water partition coefficient (Wildman–Crippen LogP) is 2.54. The van der Waals surface area contributed by atoms with Crippen LogP contribution < -0.4 is 5.32 Å². The first kappa shape index (κ1) is 15.4. The fourth-order valence-electron chi connectivity index (χ4n) is 3.19. The molecule has 3 heterocycles. The number of esters is 1. The summed E-state index contributed by atoms with van der Waals surface area (Å²) in [7, 11) is 1.32. The Kier molecular flexibility index (Phi) is 3.76. The maximum absolute atomic E-state index is 12.6. The number of hydrogen-bond donors (Lipinski definition) is 2. The van der Waals surface area contributed by atoms with Crippen molar-refractivity contribution in [3.8, 4) is 0 Å². The topological polar surface area (TPSA) is 93.3 Å². The van der Waals surface area contributed by atoms with Crippen molar-refractivity contribution in [3.63, 3.8) is 0 Å². The number of carbonyl (C=O) groups excluding carboxylic acids is 2. The van der Waals surface area contributed by atoms with Crippen LogP contribution in [-0.4, -0.2) is 35.6 Å². The number of allylic oxidation sites excluding steroid dienone is 2. The third-order valence-electron chi connectivity index (χ3n) is 4.41. The number of nitrogens with zero attached hydrogens (tertiary/aromatic N) is 1. The molecule has 0 saturated carbocycles. The van der Waals surface area contributed by atoms with Crippen LogP contribution >= 0.6 is 0 Å². The maximum Gasteiger partial charge on any atom is 0.354 e. The number of aromatic nitrogens is 2. The highest BCUT2D eigenvalue weighted by Crippen LogP contribution is 2.33. The second-order valence-corrected chi connectivity index (χ2v) is 6.00. The van der Waals surface area contributed by atoms with Crippen molar-refractivity contribution < 1.29 is 19.1 Å². The van der Waals surface area contributed by atoms with Crippen molar-refractivity contribution in [3.05, 3.63) is 47.5 Å². The van der Waals surface area contributed by atoms with Gasteiger partial charge in [0.2, 0.25) is 5.91 Å². The van der Waals surface area contributed by atoms with Gasteiger partial charge in [0, 0.05) is 11.8 Å². The number of pyridine rings is 1. The fraction of sp³-hybridized carbons (Fsp3) is 0.278. The quantitative estimate of drug-likeness (QED) is 0.838. The number of methoxy groups -OCH3 is 1. The number of fused-ring (bicyclic) bond motifs is 1. The Morgan fingerprint density at radius 3 is 3.12 bits per heavy atom. The van der Waals surface area contributed by atoms with Crippen LogP contribution in [0.1, 0.15) is 23.3 Å². The van der Waals surface area contributed by atoms with Crippen LogP contribution in [-0.2, 0) is 14.3 Å². The molecule has 7 heteroatoms. The molecular weight excluding hydrogens is 322 g/mol. The van der Waals surface area contributed by atoms with E-state index in [1.165, 1.54) is 7.11 Å². The average Bonchev–Trinajstić information content (AvgIpc) is 3.26. The van der Waals surface area contributed by atoms with E-state index in [-0.39, 0.29) is 11.8 Å². The highest BCUT2D eigenvalue weighted by Gasteiger charge is 2.31. The van der Waals surface area contributed by atoms with E-state index in [1.807, 2.05) is 12.2 Å². The first-order valence-corrected chi connectivity index (χ1v) is 8.06. The van der Waals surface area contributed by atoms with Gasteiger partial charge in [-0.3, -0.25) is 4.79 Å². The summed E-state index contributed by atoms with van der Waals surface area (Å²) in [4.78, 5) is 31.4. The lowest BCUT2D eigenvalue weighted by atomic mass is 9.93. The number of H-pyrrole nitrogens is 1. The zero-order chi connectivity index (χ0) is 17.4. The molecule has 2 aromatic heterocycles. The van der Waals surface area contributed by atoms with E-state index in [2.05, 4.69) is 20.0 Å². The molecule has 2 aliphatic rings. The molecule has 25 heavy (non-hydrogen) atoms. The van der Waals surface area contributed by atoms with Gasteiger partial charge in [0.25, 0.3) is 0 Å². The van der Waals surface area contributed by atoms with Crippen molar-refractivity contribution in [1.82, 2.24) is 9.97 Å². The predicted molar refractivity (Wildman–Crippen MR) is 90.9 cm³/mol. The third-order valence-corrected chi connectivity index (χ3v) is 4.41. The summed E-state index contributed by atoms with van der Waals surface area (Å²) in [6.45, 7) is 0.631. The number of hydrogen-bond acceptors (Lipinski definition) is 5. The molecule has 1 unspecified atom stereocenters. The number of anilines is 1. The standard InChI is InChI=1S/C18H17N3O4/c1-24-18(23)14-8-11-7-12(9-19-16(11)21-14)20-17(22)13-4-2-3-10-5-6-25-15(10)13/h2-3,7-9,13H,4-6H2,1H3,(H,19,21)(H,20,22). The largest absolute Gasteiger partial charge is 0.496 e. The summed E-state index contributed by atoms with van der Waals surface area (Å²) in [6.07, 6.45) is 7.07. The Bertz CT molecular complexity index is 926. The van der Waals surface area contributed by atoms with Gasteiger partial charge >= 0.3 is 5.97 Å². The van der Waals surface area contributed by atoms with Gasteiger partial charge in [0.15, 0.2) is 0 Å². The maximum atomic E-state index is 12.6. The summed E-state index contributed by atoms with van der Waals surface area (Å²) in [5, 5.41) is 3.61. The lowest BCUT2D eigenvalue weighted by Gasteiger charge is -2.19. The second kappa shape index (κ2) is 6.08. The van der Waals surface area contributed by atoms with Gasteiger partial charge < -0.3 is 19.8 Å². The summed E-state index contributed by atoms with van der Waals surface area (Å²) in [5.41, 5.74) is 2.55. The summed E-state index contributed by atoms with van der Waals surface area (Å²) >= 11 is 0. The highest BCUT2D eigenvalue weighted by atomic mass is 16.5. The molecule has 7 nitrogen and oxygen atoms in total. The molecule has 0 bridgehead atoms. The molecule has 2 aromatic rings. The van der Waals surface area contributed by atoms with Crippen LogP contribution in [0.5, 0.6) is 0 Å². The van der Waals surface area contributed by atoms with E-state index in [4.69, 9.17) is 4.74 Å². The van der Waals surface area contributed by atoms with Gasteiger partial charge in [-0.1, -0.05) is 12.2 Å². The van der Waals surface area contributed by atoms with Gasteiger partial charge in [0.05, 0.1) is 31.5 Å². The molecule has 1 atom stereocenters. The van der Waals surface area contributed by atoms with Crippen molar-refractivity contribution in [2.75, 3.05) is 19.0 Å². The molecule has 128 valence electrons. The van der Waals surface area contributed by atoms with E-state index in [0.717, 1.165) is 23.1 Å². The molecule has 1 amide bonds. The molecule has 1 aliphatic heterocycles. The van der Waals surface area contributed by atoms with Crippen LogP contribution in [0.15, 0.2) is 41.8 Å². The Labute approximate surface area is 143 Å². The van der Waals surface area contributed by atoms with Gasteiger partial charge in [-0.05, 0) is 24.1 Å². The zero-order valence-electron chi connectivity index (χ0n) is 13.7. The molecular formula is C18H17N3O4. The molecule has 1 aliphatic carbocycles. The lowest BCUT2D eigenvalue weighted by molar-refractivity contribution is -0.119. The van der Waals surface area contributed by atoms with Crippen molar-refractivity contribution >= 4 is 28.6 Å². The first-order chi connectivity index (χ1) is 12.2. The van der Waals surface area contributed by atoms with Crippen LogP contribution in [0, 0.1) is 5.92 Å². The normalized spacial score (nSPS) is 18.8. The Balaban J connectivity index is 1.55. The van der Waals surface area contributed by atoms with Gasteiger partial charge in [-0.15, -0.1) is 0 Å². The number of carbonyl (C=O) groups is 2. The Morgan fingerprint density at radius 2 is 2.28 bits per heavy atom. The summed E-state index contributed by atoms with van der Waals surface area (Å²) < 4.78 is 10.3. The minimum Gasteiger partial charge on any atom is -0.496 e. The van der Waals surface area contributed by atoms with Crippen LogP contribution in [0.25, 0.3) is 11.0 Å². The van der Waals surface area contributed by atoms with Crippen LogP contribution in [0.4, 0.5) is 5.69 Å². The molecule has 0 spiro atoms. The van der Waals surface area contributed by atoms with Crippen molar-refractivity contribution in [2.45, 2.75) is 12.8 Å². The number of aromatic amines is 1. The third kappa shape index (κ3) is 2.77. The van der Waals surface area contributed by atoms with E-state index in [1.54, 1.807) is 18.3 Å². The van der Waals surface area contributed by atoms with E-state index in [0.29, 0.717) is 30.1 Å². The summed E-state index contributed by atoms with van der Waals surface area (Å²) in [5.74, 6) is -0.113. The molecule has 0 saturated heterocycles. The number of ether oxygens (including phenoxy) is 2. The van der Waals surface area contributed by atoms with Crippen molar-refractivity contribution in [2.24, 2.45) is 5.92 Å². The molecule has 0 fully saturated rings. The van der Waals surface area contributed by atoms with Gasteiger partial charge in [-0.2, -0.15) is 0 Å². The van der Waals surface area contributed by atoms with E-state index >= 15 is 0 Å². The number of amides is 1. The second-order valence-electron chi connectivity index (χ2n) is 6.00. The van der Waals surface area contributed by atoms with Crippen LogP contribution in [0.2, 0.25) is 0 Å². The Hall–Kier alpha value is -3.09. The highest BCUT2D eigenvalue weighted by molar-refractivity contribution is 5.98. The monoisotopic (exact) mass is 339 g/mol. The smallest absolute Gasteiger partial charge is 0.354 e. The Morgan fingerprint density at radius 1 is 1.40 bits per heavy atom. The van der Waals surface area contributed by atoms with Crippen LogP contribution in [0.3, 0.4) is 0 Å². The lowest BCUT2D eigenvalue weighted by Crippen LogP contribution is -2.26. The molecule has 0 aromatic carbocycles. The SMILES string of the molecule is COC(=O)c1cc2cc(NC(=O)C3CC=CC4=C3OCC4)cnc2[nH]1. The zero-order valence-corrected chi connectivity index (χ0v) is 13.7. The summed E-state index contributed by atoms with van der Waals surface area (Å²) in [6, 6.07) is 3.42. The molecule has 4 rings (SSSR count). The van der Waals surface area contributed by atoms with E-state index in [9.17, 15) is 9.59 Å². The number of nitrogens with one attached hydrogen (secondary N) is 2.